The van der Waals surface area contributed by atoms with Crippen molar-refractivity contribution in [3.63, 3.8) is 0 Å². The van der Waals surface area contributed by atoms with Crippen molar-refractivity contribution < 1.29 is 33.3 Å². The summed E-state index contributed by atoms with van der Waals surface area (Å²) in [5, 5.41) is 2.56. The summed E-state index contributed by atoms with van der Waals surface area (Å²) in [5.74, 6) is 2.62. The fourth-order valence-corrected chi connectivity index (χ4v) is 12.3. The lowest BCUT2D eigenvalue weighted by molar-refractivity contribution is -0.155. The number of piperidine rings is 1. The molecule has 2 unspecified atom stereocenters. The van der Waals surface area contributed by atoms with Crippen LogP contribution in [0.25, 0.3) is 0 Å². The van der Waals surface area contributed by atoms with Crippen LogP contribution in [0.2, 0.25) is 0 Å². The average molecular weight is 753 g/mol. The van der Waals surface area contributed by atoms with Crippen molar-refractivity contribution in [3.05, 3.63) is 82.9 Å². The normalized spacial score (nSPS) is 36.5. The Balaban J connectivity index is 0.879. The molecule has 8 rings (SSSR count). The molecule has 5 fully saturated rings. The van der Waals surface area contributed by atoms with E-state index in [2.05, 4.69) is 33.0 Å². The van der Waals surface area contributed by atoms with Gasteiger partial charge in [0.25, 0.3) is 0 Å². The van der Waals surface area contributed by atoms with Gasteiger partial charge in [-0.1, -0.05) is 92.6 Å². The number of esters is 1. The number of amides is 2. The van der Waals surface area contributed by atoms with Crippen molar-refractivity contribution >= 4 is 18.2 Å². The van der Waals surface area contributed by atoms with Gasteiger partial charge in [0.05, 0.1) is 17.7 Å². The molecule has 4 aliphatic carbocycles. The van der Waals surface area contributed by atoms with E-state index >= 15 is 0 Å². The number of carbonyl (C=O) groups excluding carboxylic acids is 3. The van der Waals surface area contributed by atoms with Crippen LogP contribution in [0.3, 0.4) is 0 Å². The summed E-state index contributed by atoms with van der Waals surface area (Å²) in [6.07, 6.45) is 9.56. The van der Waals surface area contributed by atoms with Crippen LogP contribution in [-0.2, 0) is 37.0 Å². The van der Waals surface area contributed by atoms with Gasteiger partial charge in [0.15, 0.2) is 0 Å². The lowest BCUT2D eigenvalue weighted by Crippen LogP contribution is -2.54. The van der Waals surface area contributed by atoms with Crippen LogP contribution in [0, 0.1) is 40.9 Å². The Labute approximate surface area is 326 Å². The van der Waals surface area contributed by atoms with Crippen LogP contribution >= 0.6 is 0 Å². The largest absolute Gasteiger partial charge is 0.461 e. The molecule has 1 N–H and O–H groups in total. The number of alkyl carbamates (subject to hydrolysis) is 1. The monoisotopic (exact) mass is 752 g/mol. The number of hydrogen-bond donors (Lipinski definition) is 1. The fraction of sp³-hybridized carbons (Fsp3) is 0.630. The number of hydrogen-bond acceptors (Lipinski definition) is 7. The predicted molar refractivity (Wildman–Crippen MR) is 208 cm³/mol. The summed E-state index contributed by atoms with van der Waals surface area (Å²) in [7, 11) is 0. The second kappa shape index (κ2) is 15.6. The zero-order chi connectivity index (χ0) is 38.3. The highest BCUT2D eigenvalue weighted by atomic mass is 16.6. The van der Waals surface area contributed by atoms with Crippen molar-refractivity contribution in [2.24, 2.45) is 40.9 Å². The minimum absolute atomic E-state index is 0.0332. The summed E-state index contributed by atoms with van der Waals surface area (Å²) < 4.78 is 24.3. The van der Waals surface area contributed by atoms with Crippen LogP contribution in [0.4, 0.5) is 9.59 Å². The number of likely N-dealkylation sites (tertiary alicyclic amines) is 1. The first-order valence-electron chi connectivity index (χ1n) is 21.0. The third kappa shape index (κ3) is 7.54. The van der Waals surface area contributed by atoms with E-state index in [4.69, 9.17) is 18.9 Å². The topological polar surface area (TPSA) is 103 Å². The van der Waals surface area contributed by atoms with E-state index < -0.39 is 12.1 Å². The molecule has 2 aromatic carbocycles. The summed E-state index contributed by atoms with van der Waals surface area (Å²) in [5.41, 5.74) is 5.07. The Hall–Kier alpha value is -3.85. The number of nitrogens with one attached hydrogen (secondary N) is 1. The van der Waals surface area contributed by atoms with Crippen LogP contribution < -0.4 is 5.32 Å². The van der Waals surface area contributed by atoms with E-state index in [1.807, 2.05) is 65.6 Å². The maximum Gasteiger partial charge on any atom is 0.410 e. The summed E-state index contributed by atoms with van der Waals surface area (Å²) in [4.78, 5) is 40.6. The van der Waals surface area contributed by atoms with Gasteiger partial charge in [-0.05, 0) is 117 Å². The minimum Gasteiger partial charge on any atom is -0.461 e. The van der Waals surface area contributed by atoms with Gasteiger partial charge in [-0.15, -0.1) is 0 Å². The molecule has 2 heterocycles. The molecule has 2 aliphatic heterocycles. The number of nitrogens with zero attached hydrogens (tertiary/aromatic N) is 1. The van der Waals surface area contributed by atoms with E-state index in [0.29, 0.717) is 36.1 Å². The molecule has 0 bridgehead atoms. The van der Waals surface area contributed by atoms with Crippen LogP contribution in [-0.4, -0.2) is 60.0 Å². The Morgan fingerprint density at radius 2 is 1.60 bits per heavy atom. The molecular weight excluding hydrogens is 693 g/mol. The third-order valence-electron chi connectivity index (χ3n) is 15.0. The molecule has 1 spiro atoms. The van der Waals surface area contributed by atoms with Gasteiger partial charge >= 0.3 is 18.2 Å². The lowest BCUT2D eigenvalue weighted by Gasteiger charge is -2.54. The van der Waals surface area contributed by atoms with Crippen LogP contribution in [0.1, 0.15) is 103 Å². The Morgan fingerprint density at radius 1 is 0.891 bits per heavy atom. The third-order valence-corrected chi connectivity index (χ3v) is 15.0. The molecule has 9 nitrogen and oxygen atoms in total. The molecule has 296 valence electrons. The number of carbonyl (C=O) groups is 3. The van der Waals surface area contributed by atoms with Crippen molar-refractivity contribution in [1.29, 1.82) is 0 Å². The smallest absolute Gasteiger partial charge is 0.410 e. The van der Waals surface area contributed by atoms with E-state index in [0.717, 1.165) is 56.1 Å². The number of ether oxygens (including phenoxy) is 4. The maximum absolute atomic E-state index is 13.7. The average Bonchev–Trinajstić information content (AvgIpc) is 3.65. The molecule has 0 radical (unpaired) electrons. The highest BCUT2D eigenvalue weighted by molar-refractivity contribution is 5.78. The first-order valence-corrected chi connectivity index (χ1v) is 21.0. The Morgan fingerprint density at radius 3 is 2.33 bits per heavy atom. The standard InChI is InChI=1S/C46H60N2O7/c1-29-21-40-42(48(26-29)44(51)53-28-33-13-9-6-10-14-33)31(3)46(55-40)20-18-36-37-16-15-34-22-35(17-19-45(34,4)39(37)23-38(36)30(2)24-46)54-41(49)25-47-43(50)52-27-32-11-7-5-8-12-32/h5-14,29,31,34-37,39-40,42H,15-28H2,1-4H3,(H,47,50)/t29-,31+,34+,35+,36-,37?,39-,40?,42-,45-,46-/m0/s1. The molecule has 3 saturated carbocycles. The van der Waals surface area contributed by atoms with Crippen LogP contribution in [0.15, 0.2) is 71.8 Å². The summed E-state index contributed by atoms with van der Waals surface area (Å²) in [6, 6.07) is 19.4. The molecule has 0 aromatic heterocycles. The molecule has 9 heteroatoms. The first-order chi connectivity index (χ1) is 26.5. The quantitative estimate of drug-likeness (QED) is 0.171. The summed E-state index contributed by atoms with van der Waals surface area (Å²) >= 11 is 0. The van der Waals surface area contributed by atoms with Crippen LogP contribution in [0.5, 0.6) is 0 Å². The SMILES string of the molecule is CC1=C2C[C@H]3C(CC[C@@H]4C[C@H](OC(=O)CNC(=O)OCc5ccccc5)CC[C@@]43C)[C@@H]2CC[C@@]2(C1)OC1C[C@H](C)CN(C(=O)OCc3ccccc3)[C@H]1[C@H]2C. The molecule has 2 aromatic rings. The number of allylic oxidation sites excluding steroid dienone is 1. The summed E-state index contributed by atoms with van der Waals surface area (Å²) in [6.45, 7) is 10.4. The molecule has 55 heavy (non-hydrogen) atoms. The Bertz CT molecular complexity index is 1750. The van der Waals surface area contributed by atoms with Gasteiger partial charge in [0.2, 0.25) is 0 Å². The van der Waals surface area contributed by atoms with Gasteiger partial charge in [-0.2, -0.15) is 0 Å². The first kappa shape index (κ1) is 38.0. The van der Waals surface area contributed by atoms with E-state index in [1.165, 1.54) is 24.8 Å². The molecular formula is C46H60N2O7. The second-order valence-corrected chi connectivity index (χ2v) is 18.2. The number of benzene rings is 2. The molecule has 11 atom stereocenters. The maximum atomic E-state index is 13.7. The minimum atomic E-state index is -0.618. The lowest BCUT2D eigenvalue weighted by atomic mass is 9.52. The number of fused-ring (bicyclic) bond motifs is 6. The Kier molecular flexibility index (Phi) is 10.8. The molecule has 2 amide bonds. The van der Waals surface area contributed by atoms with Crippen molar-refractivity contribution in [3.8, 4) is 0 Å². The van der Waals surface area contributed by atoms with Gasteiger partial charge in [-0.25, -0.2) is 9.59 Å². The molecule has 6 aliphatic rings. The van der Waals surface area contributed by atoms with E-state index in [-0.39, 0.29) is 61.0 Å². The van der Waals surface area contributed by atoms with Gasteiger partial charge < -0.3 is 29.2 Å². The highest BCUT2D eigenvalue weighted by Gasteiger charge is 2.61. The number of rotatable bonds is 7. The van der Waals surface area contributed by atoms with Crippen molar-refractivity contribution in [2.75, 3.05) is 13.1 Å². The van der Waals surface area contributed by atoms with E-state index in [1.54, 1.807) is 5.57 Å². The predicted octanol–water partition coefficient (Wildman–Crippen LogP) is 9.00. The van der Waals surface area contributed by atoms with Gasteiger partial charge in [-0.3, -0.25) is 4.79 Å². The highest BCUT2D eigenvalue weighted by Crippen LogP contribution is 2.65. The van der Waals surface area contributed by atoms with Gasteiger partial charge in [0.1, 0.15) is 25.9 Å². The molecule has 2 saturated heterocycles. The second-order valence-electron chi connectivity index (χ2n) is 18.2. The van der Waals surface area contributed by atoms with Gasteiger partial charge in [0, 0.05) is 12.5 Å². The zero-order valence-electron chi connectivity index (χ0n) is 33.2. The zero-order valence-corrected chi connectivity index (χ0v) is 33.2. The van der Waals surface area contributed by atoms with Crippen molar-refractivity contribution in [1.82, 2.24) is 10.2 Å². The fourth-order valence-electron chi connectivity index (χ4n) is 12.3. The van der Waals surface area contributed by atoms with Crippen molar-refractivity contribution in [2.45, 2.75) is 129 Å². The van der Waals surface area contributed by atoms with E-state index in [9.17, 15) is 14.4 Å².